The number of hydrogen-bond donors (Lipinski definition) is 1. The number of amides is 1. The number of benzene rings is 1. The first kappa shape index (κ1) is 19.8. The topological polar surface area (TPSA) is 77.9 Å². The SMILES string of the molecule is CCCOc1ccc(CN(CCC)C(=O)c2coc(CN)c2)cc1OC. The van der Waals surface area contributed by atoms with E-state index in [9.17, 15) is 4.79 Å². The van der Waals surface area contributed by atoms with E-state index >= 15 is 0 Å². The van der Waals surface area contributed by atoms with Gasteiger partial charge in [-0.25, -0.2) is 0 Å². The van der Waals surface area contributed by atoms with Crippen LogP contribution >= 0.6 is 0 Å². The first-order chi connectivity index (χ1) is 12.6. The summed E-state index contributed by atoms with van der Waals surface area (Å²) in [6.07, 6.45) is 3.26. The van der Waals surface area contributed by atoms with E-state index < -0.39 is 0 Å². The van der Waals surface area contributed by atoms with E-state index in [1.54, 1.807) is 18.1 Å². The summed E-state index contributed by atoms with van der Waals surface area (Å²) in [6.45, 7) is 6.15. The van der Waals surface area contributed by atoms with Gasteiger partial charge in [0.25, 0.3) is 5.91 Å². The molecule has 0 atom stereocenters. The number of ether oxygens (including phenoxy) is 2. The fourth-order valence-electron chi connectivity index (χ4n) is 2.67. The molecule has 1 heterocycles. The fourth-order valence-corrected chi connectivity index (χ4v) is 2.67. The van der Waals surface area contributed by atoms with Crippen LogP contribution in [0.3, 0.4) is 0 Å². The summed E-state index contributed by atoms with van der Waals surface area (Å²) in [5.41, 5.74) is 7.06. The van der Waals surface area contributed by atoms with Gasteiger partial charge in [-0.05, 0) is 36.6 Å². The number of hydrogen-bond acceptors (Lipinski definition) is 5. The molecule has 2 aromatic rings. The quantitative estimate of drug-likeness (QED) is 0.700. The van der Waals surface area contributed by atoms with Crippen molar-refractivity contribution in [3.8, 4) is 11.5 Å². The maximum absolute atomic E-state index is 12.8. The monoisotopic (exact) mass is 360 g/mol. The van der Waals surface area contributed by atoms with Crippen LogP contribution in [-0.4, -0.2) is 31.1 Å². The lowest BCUT2D eigenvalue weighted by Gasteiger charge is -2.22. The van der Waals surface area contributed by atoms with Gasteiger partial charge in [0.15, 0.2) is 11.5 Å². The second kappa shape index (κ2) is 9.87. The lowest BCUT2D eigenvalue weighted by atomic mass is 10.1. The second-order valence-corrected chi connectivity index (χ2v) is 6.07. The Morgan fingerprint density at radius 2 is 2.00 bits per heavy atom. The highest BCUT2D eigenvalue weighted by Crippen LogP contribution is 2.29. The standard InChI is InChI=1S/C20H28N2O4/c1-4-8-22(20(23)16-11-17(12-21)26-14-16)13-15-6-7-18(25-9-5-2)19(10-15)24-3/h6-7,10-11,14H,4-5,8-9,12-13,21H2,1-3H3. The molecule has 1 aromatic carbocycles. The summed E-state index contributed by atoms with van der Waals surface area (Å²) < 4.78 is 16.4. The van der Waals surface area contributed by atoms with Crippen LogP contribution < -0.4 is 15.2 Å². The number of nitrogens with zero attached hydrogens (tertiary/aromatic N) is 1. The number of nitrogens with two attached hydrogens (primary N) is 1. The Balaban J connectivity index is 2.16. The van der Waals surface area contributed by atoms with Gasteiger partial charge in [0.2, 0.25) is 0 Å². The molecule has 0 saturated carbocycles. The zero-order valence-electron chi connectivity index (χ0n) is 15.8. The lowest BCUT2D eigenvalue weighted by molar-refractivity contribution is 0.0742. The molecule has 1 aromatic heterocycles. The molecule has 1 amide bonds. The molecule has 26 heavy (non-hydrogen) atoms. The molecule has 0 aliphatic rings. The second-order valence-electron chi connectivity index (χ2n) is 6.07. The number of furan rings is 1. The van der Waals surface area contributed by atoms with Crippen molar-refractivity contribution < 1.29 is 18.7 Å². The molecule has 0 unspecified atom stereocenters. The van der Waals surface area contributed by atoms with Crippen molar-refractivity contribution in [1.29, 1.82) is 0 Å². The molecule has 142 valence electrons. The van der Waals surface area contributed by atoms with Crippen LogP contribution in [0.2, 0.25) is 0 Å². The van der Waals surface area contributed by atoms with Gasteiger partial charge in [-0.2, -0.15) is 0 Å². The summed E-state index contributed by atoms with van der Waals surface area (Å²) >= 11 is 0. The summed E-state index contributed by atoms with van der Waals surface area (Å²) in [4.78, 5) is 14.6. The number of methoxy groups -OCH3 is 1. The molecule has 2 N–H and O–H groups in total. The van der Waals surface area contributed by atoms with Gasteiger partial charge >= 0.3 is 0 Å². The number of carbonyl (C=O) groups is 1. The van der Waals surface area contributed by atoms with Crippen molar-refractivity contribution in [2.45, 2.75) is 39.8 Å². The molecule has 6 nitrogen and oxygen atoms in total. The van der Waals surface area contributed by atoms with Crippen molar-refractivity contribution >= 4 is 5.91 Å². The first-order valence-corrected chi connectivity index (χ1v) is 8.99. The van der Waals surface area contributed by atoms with Crippen LogP contribution in [0, 0.1) is 0 Å². The van der Waals surface area contributed by atoms with E-state index in [0.29, 0.717) is 42.5 Å². The molecule has 0 fully saturated rings. The van der Waals surface area contributed by atoms with E-state index in [1.807, 2.05) is 25.1 Å². The number of rotatable bonds is 10. The van der Waals surface area contributed by atoms with Gasteiger partial charge in [-0.3, -0.25) is 4.79 Å². The normalized spacial score (nSPS) is 10.6. The summed E-state index contributed by atoms with van der Waals surface area (Å²) in [5.74, 6) is 1.92. The van der Waals surface area contributed by atoms with Gasteiger partial charge < -0.3 is 24.5 Å². The number of carbonyl (C=O) groups excluding carboxylic acids is 1. The molecule has 0 aliphatic heterocycles. The third-order valence-corrected chi connectivity index (χ3v) is 3.95. The Kier molecular flexibility index (Phi) is 7.53. The Labute approximate surface area is 154 Å². The summed E-state index contributed by atoms with van der Waals surface area (Å²) in [5, 5.41) is 0. The van der Waals surface area contributed by atoms with Crippen LogP contribution in [0.25, 0.3) is 0 Å². The Morgan fingerprint density at radius 3 is 2.62 bits per heavy atom. The molecule has 6 heteroatoms. The van der Waals surface area contributed by atoms with Crippen LogP contribution in [0.1, 0.15) is 48.4 Å². The van der Waals surface area contributed by atoms with Gasteiger partial charge in [-0.15, -0.1) is 0 Å². The maximum atomic E-state index is 12.8. The van der Waals surface area contributed by atoms with Gasteiger partial charge in [0.05, 0.1) is 25.8 Å². The van der Waals surface area contributed by atoms with Crippen LogP contribution in [0.15, 0.2) is 34.9 Å². The average molecular weight is 360 g/mol. The Morgan fingerprint density at radius 1 is 1.19 bits per heavy atom. The molecule has 0 aliphatic carbocycles. The summed E-state index contributed by atoms with van der Waals surface area (Å²) in [6, 6.07) is 7.47. The zero-order chi connectivity index (χ0) is 18.9. The molecular formula is C20H28N2O4. The maximum Gasteiger partial charge on any atom is 0.257 e. The fraction of sp³-hybridized carbons (Fsp3) is 0.450. The molecule has 0 spiro atoms. The Bertz CT molecular complexity index is 712. The minimum Gasteiger partial charge on any atom is -0.493 e. The third-order valence-electron chi connectivity index (χ3n) is 3.95. The highest BCUT2D eigenvalue weighted by Gasteiger charge is 2.18. The molecule has 0 bridgehead atoms. The van der Waals surface area contributed by atoms with Crippen LogP contribution in [-0.2, 0) is 13.1 Å². The predicted octanol–water partition coefficient (Wildman–Crippen LogP) is 3.59. The zero-order valence-corrected chi connectivity index (χ0v) is 15.8. The predicted molar refractivity (Wildman–Crippen MR) is 100 cm³/mol. The lowest BCUT2D eigenvalue weighted by Crippen LogP contribution is -2.31. The highest BCUT2D eigenvalue weighted by atomic mass is 16.5. The van der Waals surface area contributed by atoms with Gasteiger partial charge in [0.1, 0.15) is 12.0 Å². The Hall–Kier alpha value is -2.47. The average Bonchev–Trinajstić information content (AvgIpc) is 3.15. The molecule has 2 rings (SSSR count). The van der Waals surface area contributed by atoms with Gasteiger partial charge in [-0.1, -0.05) is 19.9 Å². The molecular weight excluding hydrogens is 332 g/mol. The van der Waals surface area contributed by atoms with E-state index in [0.717, 1.165) is 18.4 Å². The van der Waals surface area contributed by atoms with Crippen molar-refractivity contribution in [2.75, 3.05) is 20.3 Å². The highest BCUT2D eigenvalue weighted by molar-refractivity contribution is 5.94. The largest absolute Gasteiger partial charge is 0.493 e. The van der Waals surface area contributed by atoms with Crippen molar-refractivity contribution in [3.63, 3.8) is 0 Å². The van der Waals surface area contributed by atoms with E-state index in [2.05, 4.69) is 6.92 Å². The summed E-state index contributed by atoms with van der Waals surface area (Å²) in [7, 11) is 1.62. The van der Waals surface area contributed by atoms with Crippen molar-refractivity contribution in [2.24, 2.45) is 5.73 Å². The van der Waals surface area contributed by atoms with Crippen LogP contribution in [0.5, 0.6) is 11.5 Å². The van der Waals surface area contributed by atoms with Crippen molar-refractivity contribution in [3.05, 3.63) is 47.4 Å². The molecule has 0 radical (unpaired) electrons. The first-order valence-electron chi connectivity index (χ1n) is 8.99. The molecule has 0 saturated heterocycles. The van der Waals surface area contributed by atoms with Crippen LogP contribution in [0.4, 0.5) is 0 Å². The van der Waals surface area contributed by atoms with Crippen molar-refractivity contribution in [1.82, 2.24) is 4.90 Å². The van der Waals surface area contributed by atoms with E-state index in [4.69, 9.17) is 19.6 Å². The smallest absolute Gasteiger partial charge is 0.257 e. The third kappa shape index (κ3) is 5.02. The minimum atomic E-state index is -0.0689. The minimum absolute atomic E-state index is 0.0689. The van der Waals surface area contributed by atoms with E-state index in [-0.39, 0.29) is 12.5 Å². The van der Waals surface area contributed by atoms with E-state index in [1.165, 1.54) is 6.26 Å². The van der Waals surface area contributed by atoms with Gasteiger partial charge in [0, 0.05) is 13.1 Å².